The third-order valence-electron chi connectivity index (χ3n) is 2.97. The normalized spacial score (nSPS) is 10.1. The van der Waals surface area contributed by atoms with Crippen molar-refractivity contribution in [1.29, 1.82) is 5.41 Å². The number of nitrogens with two attached hydrogens (primary N) is 1. The van der Waals surface area contributed by atoms with Crippen LogP contribution < -0.4 is 5.73 Å². The van der Waals surface area contributed by atoms with E-state index in [0.717, 1.165) is 0 Å². The highest BCUT2D eigenvalue weighted by Crippen LogP contribution is 2.15. The van der Waals surface area contributed by atoms with Gasteiger partial charge in [-0.2, -0.15) is 0 Å². The molecular weight excluding hydrogens is 288 g/mol. The van der Waals surface area contributed by atoms with Crippen molar-refractivity contribution in [3.05, 3.63) is 70.2 Å². The summed E-state index contributed by atoms with van der Waals surface area (Å²) in [6, 6.07) is 13.4. The molecule has 2 aromatic rings. The van der Waals surface area contributed by atoms with Crippen LogP contribution in [0.5, 0.6) is 0 Å². The minimum absolute atomic E-state index is 0.108. The number of nitrogens with one attached hydrogen (secondary N) is 1. The second-order valence-corrected chi connectivity index (χ2v) is 4.99. The molecule has 0 fully saturated rings. The van der Waals surface area contributed by atoms with E-state index in [9.17, 15) is 9.59 Å². The predicted octanol–water partition coefficient (Wildman–Crippen LogP) is 2.62. The second-order valence-electron chi connectivity index (χ2n) is 4.56. The maximum atomic E-state index is 12.3. The zero-order valence-corrected chi connectivity index (χ0v) is 11.9. The average Bonchev–Trinajstić information content (AvgIpc) is 2.47. The van der Waals surface area contributed by atoms with Gasteiger partial charge in [0, 0.05) is 22.6 Å². The molecule has 4 nitrogen and oxygen atoms in total. The number of carbonyl (C=O) groups excluding carboxylic acids is 2. The molecule has 0 aliphatic carbocycles. The van der Waals surface area contributed by atoms with Crippen LogP contribution in [0.25, 0.3) is 0 Å². The third kappa shape index (κ3) is 3.77. The number of rotatable bonds is 5. The number of benzene rings is 2. The molecule has 3 N–H and O–H groups in total. The molecule has 0 heterocycles. The molecule has 21 heavy (non-hydrogen) atoms. The summed E-state index contributed by atoms with van der Waals surface area (Å²) in [5, 5.41) is 8.04. The van der Waals surface area contributed by atoms with Crippen molar-refractivity contribution in [3.8, 4) is 0 Å². The zero-order chi connectivity index (χ0) is 15.4. The topological polar surface area (TPSA) is 84.0 Å². The molecule has 0 saturated heterocycles. The second kappa shape index (κ2) is 6.33. The fourth-order valence-electron chi connectivity index (χ4n) is 1.88. The van der Waals surface area contributed by atoms with E-state index in [4.69, 9.17) is 22.7 Å². The first-order valence-electron chi connectivity index (χ1n) is 6.24. The number of amides is 1. The summed E-state index contributed by atoms with van der Waals surface area (Å²) >= 11 is 5.80. The van der Waals surface area contributed by atoms with Crippen LogP contribution in [0.1, 0.15) is 21.5 Å². The van der Waals surface area contributed by atoms with Gasteiger partial charge in [0.1, 0.15) is 5.71 Å². The first-order valence-corrected chi connectivity index (χ1v) is 6.61. The summed E-state index contributed by atoms with van der Waals surface area (Å²) in [6.45, 7) is 0. The minimum atomic E-state index is -0.760. The van der Waals surface area contributed by atoms with Gasteiger partial charge in [-0.15, -0.1) is 0 Å². The van der Waals surface area contributed by atoms with Crippen LogP contribution in [0, 0.1) is 5.41 Å². The number of primary amides is 1. The van der Waals surface area contributed by atoms with Crippen molar-refractivity contribution in [2.45, 2.75) is 6.42 Å². The van der Waals surface area contributed by atoms with Gasteiger partial charge in [-0.1, -0.05) is 29.8 Å². The smallest absolute Gasteiger partial charge is 0.262 e. The molecule has 1 amide bonds. The number of hydrogen-bond donors (Lipinski definition) is 2. The van der Waals surface area contributed by atoms with Gasteiger partial charge in [0.05, 0.1) is 0 Å². The molecule has 5 heteroatoms. The molecule has 0 radical (unpaired) electrons. The first-order chi connectivity index (χ1) is 9.97. The lowest BCUT2D eigenvalue weighted by Gasteiger charge is -2.05. The molecule has 0 unspecified atom stereocenters. The number of carbonyl (C=O) groups is 2. The Labute approximate surface area is 127 Å². The van der Waals surface area contributed by atoms with Crippen LogP contribution in [0.15, 0.2) is 48.5 Å². The summed E-state index contributed by atoms with van der Waals surface area (Å²) < 4.78 is 0. The molecule has 0 aliphatic heterocycles. The van der Waals surface area contributed by atoms with Crippen molar-refractivity contribution in [1.82, 2.24) is 0 Å². The fourth-order valence-corrected chi connectivity index (χ4v) is 2.01. The third-order valence-corrected chi connectivity index (χ3v) is 3.23. The maximum absolute atomic E-state index is 12.3. The van der Waals surface area contributed by atoms with Gasteiger partial charge < -0.3 is 5.73 Å². The summed E-state index contributed by atoms with van der Waals surface area (Å²) in [5.41, 5.74) is 6.57. The molecule has 2 aromatic carbocycles. The van der Waals surface area contributed by atoms with Gasteiger partial charge in [0.2, 0.25) is 0 Å². The van der Waals surface area contributed by atoms with Gasteiger partial charge >= 0.3 is 0 Å². The quantitative estimate of drug-likeness (QED) is 0.657. The van der Waals surface area contributed by atoms with Crippen molar-refractivity contribution >= 4 is 29.0 Å². The Morgan fingerprint density at radius 1 is 1.05 bits per heavy atom. The maximum Gasteiger partial charge on any atom is 0.262 e. The van der Waals surface area contributed by atoms with E-state index in [2.05, 4.69) is 0 Å². The van der Waals surface area contributed by atoms with Crippen molar-refractivity contribution in [2.24, 2.45) is 5.73 Å². The molecule has 0 atom stereocenters. The Hall–Kier alpha value is -2.46. The van der Waals surface area contributed by atoms with Crippen molar-refractivity contribution in [3.63, 3.8) is 0 Å². The summed E-state index contributed by atoms with van der Waals surface area (Å²) in [5.74, 6) is -0.899. The van der Waals surface area contributed by atoms with E-state index in [-0.39, 0.29) is 17.9 Å². The standard InChI is InChI=1S/C16H13ClN2O2/c17-13-6-4-11(5-7-13)15(20)12-3-1-2-10(8-12)9-14(18)16(19)21/h1-8,18H,9H2,(H2,19,21). The molecule has 2 rings (SSSR count). The highest BCUT2D eigenvalue weighted by atomic mass is 35.5. The summed E-state index contributed by atoms with van der Waals surface area (Å²) in [7, 11) is 0. The lowest BCUT2D eigenvalue weighted by molar-refractivity contribution is -0.112. The Morgan fingerprint density at radius 3 is 2.33 bits per heavy atom. The van der Waals surface area contributed by atoms with Crippen molar-refractivity contribution < 1.29 is 9.59 Å². The Morgan fingerprint density at radius 2 is 1.71 bits per heavy atom. The van der Waals surface area contributed by atoms with Crippen molar-refractivity contribution in [2.75, 3.05) is 0 Å². The molecule has 0 spiro atoms. The molecular formula is C16H13ClN2O2. The first kappa shape index (κ1) is 14.9. The van der Waals surface area contributed by atoms with Crippen LogP contribution in [0.2, 0.25) is 5.02 Å². The Balaban J connectivity index is 2.24. The van der Waals surface area contributed by atoms with Crippen LogP contribution in [-0.2, 0) is 11.2 Å². The largest absolute Gasteiger partial charge is 0.365 e. The van der Waals surface area contributed by atoms with E-state index in [0.29, 0.717) is 21.7 Å². The zero-order valence-electron chi connectivity index (χ0n) is 11.1. The average molecular weight is 301 g/mol. The van der Waals surface area contributed by atoms with E-state index in [1.54, 1.807) is 48.5 Å². The molecule has 0 bridgehead atoms. The minimum Gasteiger partial charge on any atom is -0.365 e. The highest BCUT2D eigenvalue weighted by Gasteiger charge is 2.11. The molecule has 106 valence electrons. The lowest BCUT2D eigenvalue weighted by Crippen LogP contribution is -2.24. The van der Waals surface area contributed by atoms with E-state index in [1.165, 1.54) is 0 Å². The van der Waals surface area contributed by atoms with Crippen LogP contribution in [-0.4, -0.2) is 17.4 Å². The monoisotopic (exact) mass is 300 g/mol. The molecule has 0 aromatic heterocycles. The Kier molecular flexibility index (Phi) is 4.50. The molecule has 0 saturated carbocycles. The highest BCUT2D eigenvalue weighted by molar-refractivity contribution is 6.37. The fraction of sp³-hybridized carbons (Fsp3) is 0.0625. The van der Waals surface area contributed by atoms with Gasteiger partial charge in [0.25, 0.3) is 5.91 Å². The van der Waals surface area contributed by atoms with Gasteiger partial charge in [0.15, 0.2) is 5.78 Å². The number of halogens is 1. The van der Waals surface area contributed by atoms with Crippen LogP contribution >= 0.6 is 11.6 Å². The summed E-state index contributed by atoms with van der Waals surface area (Å²) in [6.07, 6.45) is 0.108. The predicted molar refractivity (Wildman–Crippen MR) is 82.0 cm³/mol. The molecule has 0 aliphatic rings. The van der Waals surface area contributed by atoms with Gasteiger partial charge in [-0.05, 0) is 35.9 Å². The number of hydrogen-bond acceptors (Lipinski definition) is 3. The van der Waals surface area contributed by atoms with E-state index >= 15 is 0 Å². The van der Waals surface area contributed by atoms with E-state index in [1.807, 2.05) is 0 Å². The van der Waals surface area contributed by atoms with Crippen LogP contribution in [0.4, 0.5) is 0 Å². The number of ketones is 1. The van der Waals surface area contributed by atoms with Gasteiger partial charge in [-0.3, -0.25) is 15.0 Å². The van der Waals surface area contributed by atoms with Gasteiger partial charge in [-0.25, -0.2) is 0 Å². The Bertz CT molecular complexity index is 708. The van der Waals surface area contributed by atoms with Crippen LogP contribution in [0.3, 0.4) is 0 Å². The lowest BCUT2D eigenvalue weighted by atomic mass is 9.99. The van der Waals surface area contributed by atoms with E-state index < -0.39 is 5.91 Å². The SMILES string of the molecule is N=C(Cc1cccc(C(=O)c2ccc(Cl)cc2)c1)C(N)=O. The summed E-state index contributed by atoms with van der Waals surface area (Å²) in [4.78, 5) is 23.2.